The molecule has 0 atom stereocenters. The van der Waals surface area contributed by atoms with E-state index in [0.29, 0.717) is 17.9 Å². The van der Waals surface area contributed by atoms with E-state index in [1.807, 2.05) is 42.5 Å². The molecule has 4 aromatic rings. The van der Waals surface area contributed by atoms with E-state index in [1.54, 1.807) is 36.4 Å². The molecule has 0 saturated carbocycles. The van der Waals surface area contributed by atoms with Crippen molar-refractivity contribution >= 4 is 0 Å². The maximum absolute atomic E-state index is 10.2. The van der Waals surface area contributed by atoms with Crippen molar-refractivity contribution in [3.63, 3.8) is 0 Å². The van der Waals surface area contributed by atoms with E-state index < -0.39 is 0 Å². The summed E-state index contributed by atoms with van der Waals surface area (Å²) in [6.45, 7) is 0. The van der Waals surface area contributed by atoms with Gasteiger partial charge in [-0.05, 0) is 96.5 Å². The molecule has 0 fully saturated rings. The summed E-state index contributed by atoms with van der Waals surface area (Å²) in [7, 11) is 0. The van der Waals surface area contributed by atoms with Crippen LogP contribution in [0.1, 0.15) is 22.3 Å². The van der Waals surface area contributed by atoms with Crippen LogP contribution in [-0.4, -0.2) is 20.4 Å². The van der Waals surface area contributed by atoms with Gasteiger partial charge in [-0.3, -0.25) is 0 Å². The third-order valence-corrected chi connectivity index (χ3v) is 5.47. The zero-order chi connectivity index (χ0) is 23.2. The molecule has 0 aliphatic rings. The Kier molecular flexibility index (Phi) is 6.69. The molecular weight excluding hydrogens is 416 g/mol. The molecule has 0 aromatic heterocycles. The fraction of sp³-hybridized carbons (Fsp3) is 0.143. The van der Waals surface area contributed by atoms with E-state index in [-0.39, 0.29) is 23.0 Å². The van der Waals surface area contributed by atoms with Crippen LogP contribution in [0.5, 0.6) is 34.5 Å². The molecule has 0 heterocycles. The van der Waals surface area contributed by atoms with Gasteiger partial charge in [-0.15, -0.1) is 0 Å². The van der Waals surface area contributed by atoms with Crippen LogP contribution in [0.25, 0.3) is 0 Å². The normalized spacial score (nSPS) is 10.8. The summed E-state index contributed by atoms with van der Waals surface area (Å²) in [5, 5.41) is 38.7. The number of hydrogen-bond donors (Lipinski definition) is 4. The Bertz CT molecular complexity index is 1230. The van der Waals surface area contributed by atoms with E-state index in [2.05, 4.69) is 0 Å². The quantitative estimate of drug-likeness (QED) is 0.256. The summed E-state index contributed by atoms with van der Waals surface area (Å²) in [5.41, 5.74) is 4.07. The zero-order valence-electron chi connectivity index (χ0n) is 18.1. The molecule has 0 saturated heterocycles. The smallest absolute Gasteiger partial charge is 0.157 e. The highest BCUT2D eigenvalue weighted by molar-refractivity contribution is 5.43. The third kappa shape index (κ3) is 6.20. The number of hydrogen-bond acceptors (Lipinski definition) is 5. The van der Waals surface area contributed by atoms with Crippen LogP contribution in [-0.2, 0) is 25.7 Å². The van der Waals surface area contributed by atoms with Gasteiger partial charge in [0, 0.05) is 6.07 Å². The maximum Gasteiger partial charge on any atom is 0.157 e. The Morgan fingerprint density at radius 3 is 1.85 bits per heavy atom. The SMILES string of the molecule is Oc1ccc(CCc2cc(O)cc(Oc3cccc(CCc4ccc(O)c(O)c4)c3)c2)cc1. The summed E-state index contributed by atoms with van der Waals surface area (Å²) in [6, 6.07) is 25.0. The highest BCUT2D eigenvalue weighted by Gasteiger charge is 2.06. The summed E-state index contributed by atoms with van der Waals surface area (Å²) >= 11 is 0. The molecule has 5 nitrogen and oxygen atoms in total. The lowest BCUT2D eigenvalue weighted by Gasteiger charge is -2.11. The van der Waals surface area contributed by atoms with Crippen LogP contribution in [0.4, 0.5) is 0 Å². The van der Waals surface area contributed by atoms with Gasteiger partial charge in [0.25, 0.3) is 0 Å². The molecule has 0 aliphatic carbocycles. The topological polar surface area (TPSA) is 90.2 Å². The van der Waals surface area contributed by atoms with Crippen molar-refractivity contribution in [1.29, 1.82) is 0 Å². The van der Waals surface area contributed by atoms with Gasteiger partial charge in [-0.2, -0.15) is 0 Å². The van der Waals surface area contributed by atoms with Gasteiger partial charge in [0.15, 0.2) is 11.5 Å². The molecule has 0 radical (unpaired) electrons. The minimum Gasteiger partial charge on any atom is -0.508 e. The van der Waals surface area contributed by atoms with Gasteiger partial charge >= 0.3 is 0 Å². The third-order valence-electron chi connectivity index (χ3n) is 5.47. The Morgan fingerprint density at radius 1 is 0.455 bits per heavy atom. The Balaban J connectivity index is 1.40. The zero-order valence-corrected chi connectivity index (χ0v) is 18.1. The maximum atomic E-state index is 10.2. The predicted molar refractivity (Wildman–Crippen MR) is 127 cm³/mol. The van der Waals surface area contributed by atoms with E-state index in [0.717, 1.165) is 41.5 Å². The second-order valence-corrected chi connectivity index (χ2v) is 8.07. The van der Waals surface area contributed by atoms with Crippen LogP contribution in [0.2, 0.25) is 0 Å². The van der Waals surface area contributed by atoms with Crippen molar-refractivity contribution in [2.24, 2.45) is 0 Å². The van der Waals surface area contributed by atoms with Crippen LogP contribution in [0.15, 0.2) is 84.9 Å². The molecule has 5 heteroatoms. The number of ether oxygens (including phenoxy) is 1. The molecule has 33 heavy (non-hydrogen) atoms. The highest BCUT2D eigenvalue weighted by Crippen LogP contribution is 2.29. The van der Waals surface area contributed by atoms with Gasteiger partial charge in [0.1, 0.15) is 23.0 Å². The largest absolute Gasteiger partial charge is 0.508 e. The monoisotopic (exact) mass is 442 g/mol. The number of benzene rings is 4. The molecule has 4 rings (SSSR count). The van der Waals surface area contributed by atoms with Crippen LogP contribution in [0.3, 0.4) is 0 Å². The first-order valence-corrected chi connectivity index (χ1v) is 10.8. The minimum atomic E-state index is -0.123. The van der Waals surface area contributed by atoms with Gasteiger partial charge < -0.3 is 25.2 Å². The molecule has 0 bridgehead atoms. The predicted octanol–water partition coefficient (Wildman–Crippen LogP) is 5.87. The van der Waals surface area contributed by atoms with E-state index in [1.165, 1.54) is 6.07 Å². The number of phenolic OH excluding ortho intramolecular Hbond substituents is 4. The number of rotatable bonds is 8. The van der Waals surface area contributed by atoms with Crippen molar-refractivity contribution < 1.29 is 25.2 Å². The molecule has 0 spiro atoms. The fourth-order valence-electron chi connectivity index (χ4n) is 3.71. The van der Waals surface area contributed by atoms with E-state index in [9.17, 15) is 20.4 Å². The van der Waals surface area contributed by atoms with Crippen molar-refractivity contribution in [2.45, 2.75) is 25.7 Å². The van der Waals surface area contributed by atoms with Gasteiger partial charge in [0.2, 0.25) is 0 Å². The highest BCUT2D eigenvalue weighted by atomic mass is 16.5. The van der Waals surface area contributed by atoms with Crippen molar-refractivity contribution in [3.8, 4) is 34.5 Å². The summed E-state index contributed by atoms with van der Waals surface area (Å²) < 4.78 is 6.03. The minimum absolute atomic E-state index is 0.116. The lowest BCUT2D eigenvalue weighted by molar-refractivity contribution is 0.403. The number of phenols is 4. The molecule has 0 aliphatic heterocycles. The number of aryl methyl sites for hydroxylation is 4. The van der Waals surface area contributed by atoms with Crippen LogP contribution >= 0.6 is 0 Å². The lowest BCUT2D eigenvalue weighted by atomic mass is 10.0. The summed E-state index contributed by atoms with van der Waals surface area (Å²) in [6.07, 6.45) is 2.98. The second kappa shape index (κ2) is 10.0. The molecule has 0 amide bonds. The average molecular weight is 443 g/mol. The van der Waals surface area contributed by atoms with E-state index >= 15 is 0 Å². The molecule has 168 valence electrons. The first-order chi connectivity index (χ1) is 15.9. The van der Waals surface area contributed by atoms with Crippen LogP contribution < -0.4 is 4.74 Å². The van der Waals surface area contributed by atoms with Crippen molar-refractivity contribution in [1.82, 2.24) is 0 Å². The van der Waals surface area contributed by atoms with Crippen LogP contribution in [0, 0.1) is 0 Å². The van der Waals surface area contributed by atoms with Gasteiger partial charge in [-0.1, -0.05) is 30.3 Å². The molecule has 4 aromatic carbocycles. The summed E-state index contributed by atoms with van der Waals surface area (Å²) in [4.78, 5) is 0. The Labute approximate surface area is 192 Å². The number of aromatic hydroxyl groups is 4. The van der Waals surface area contributed by atoms with E-state index in [4.69, 9.17) is 4.74 Å². The first kappa shape index (κ1) is 22.1. The molecule has 4 N–H and O–H groups in total. The second-order valence-electron chi connectivity index (χ2n) is 8.07. The Hall–Kier alpha value is -4.12. The van der Waals surface area contributed by atoms with Gasteiger partial charge in [0.05, 0.1) is 0 Å². The van der Waals surface area contributed by atoms with Gasteiger partial charge in [-0.25, -0.2) is 0 Å². The summed E-state index contributed by atoms with van der Waals surface area (Å²) in [5.74, 6) is 1.40. The standard InChI is InChI=1S/C28H26O5/c29-23-11-8-19(9-12-23)4-7-22-14-24(30)18-26(16-22)33-25-3-1-2-20(15-25)5-6-21-10-13-27(31)28(32)17-21/h1-3,8-18,29-32H,4-7H2. The Morgan fingerprint density at radius 2 is 1.09 bits per heavy atom. The lowest BCUT2D eigenvalue weighted by Crippen LogP contribution is -1.94. The fourth-order valence-corrected chi connectivity index (χ4v) is 3.71. The molecular formula is C28H26O5. The van der Waals surface area contributed by atoms with Crippen molar-refractivity contribution in [2.75, 3.05) is 0 Å². The molecule has 0 unspecified atom stereocenters. The van der Waals surface area contributed by atoms with Crippen molar-refractivity contribution in [3.05, 3.63) is 107 Å². The average Bonchev–Trinajstić information content (AvgIpc) is 2.79. The first-order valence-electron chi connectivity index (χ1n) is 10.8.